The fourth-order valence-corrected chi connectivity index (χ4v) is 8.90. The summed E-state index contributed by atoms with van der Waals surface area (Å²) in [5.41, 5.74) is 10.8. The molecule has 0 amide bonds. The largest absolute Gasteiger partial charge is 0.456 e. The highest BCUT2D eigenvalue weighted by Gasteiger charge is 2.21. The number of hydrogen-bond acceptors (Lipinski definition) is 3. The van der Waals surface area contributed by atoms with Crippen LogP contribution in [0, 0.1) is 0 Å². The van der Waals surface area contributed by atoms with Crippen LogP contribution >= 0.6 is 11.8 Å². The van der Waals surface area contributed by atoms with Gasteiger partial charge in [0.15, 0.2) is 0 Å². The van der Waals surface area contributed by atoms with Crippen LogP contribution in [0.2, 0.25) is 0 Å². The maximum Gasteiger partial charge on any atom is 0.136 e. The molecule has 3 heteroatoms. The Labute approximate surface area is 273 Å². The van der Waals surface area contributed by atoms with Crippen molar-refractivity contribution in [2.24, 2.45) is 0 Å². The normalized spacial score (nSPS) is 12.6. The second-order valence-electron chi connectivity index (χ2n) is 12.4. The number of benzene rings is 8. The van der Waals surface area contributed by atoms with Gasteiger partial charge in [0.1, 0.15) is 22.3 Å². The zero-order valence-electron chi connectivity index (χ0n) is 25.1. The van der Waals surface area contributed by atoms with Gasteiger partial charge in [-0.25, -0.2) is 0 Å². The number of furan rings is 2. The quantitative estimate of drug-likeness (QED) is 0.193. The van der Waals surface area contributed by atoms with Crippen LogP contribution in [-0.2, 0) is 0 Å². The molecule has 0 aliphatic carbocycles. The van der Waals surface area contributed by atoms with Crippen LogP contribution in [0.5, 0.6) is 0 Å². The van der Waals surface area contributed by atoms with Gasteiger partial charge in [-0.05, 0) is 98.1 Å². The lowest BCUT2D eigenvalue weighted by Crippen LogP contribution is -1.93. The van der Waals surface area contributed by atoms with Crippen molar-refractivity contribution in [2.45, 2.75) is 9.79 Å². The summed E-state index contributed by atoms with van der Waals surface area (Å²) in [4.78, 5) is 2.62. The third kappa shape index (κ3) is 3.58. The van der Waals surface area contributed by atoms with Gasteiger partial charge in [0.2, 0.25) is 0 Å². The van der Waals surface area contributed by atoms with Crippen LogP contribution in [0.4, 0.5) is 0 Å². The smallest absolute Gasteiger partial charge is 0.136 e. The van der Waals surface area contributed by atoms with Crippen molar-refractivity contribution in [3.05, 3.63) is 146 Å². The molecule has 2 aromatic heterocycles. The van der Waals surface area contributed by atoms with E-state index in [1.54, 1.807) is 0 Å². The first-order valence-corrected chi connectivity index (χ1v) is 16.7. The Hall–Kier alpha value is -5.77. The molecule has 0 saturated heterocycles. The summed E-state index contributed by atoms with van der Waals surface area (Å²) in [7, 11) is 0. The maximum atomic E-state index is 6.64. The molecular weight excluding hydrogens is 593 g/mol. The fourth-order valence-electron chi connectivity index (χ4n) is 7.77. The van der Waals surface area contributed by atoms with Crippen molar-refractivity contribution in [3.8, 4) is 33.4 Å². The summed E-state index contributed by atoms with van der Waals surface area (Å²) in [5, 5.41) is 9.56. The minimum atomic E-state index is 0.884. The minimum absolute atomic E-state index is 0.884. The Morgan fingerprint density at radius 2 is 1.02 bits per heavy atom. The third-order valence-corrected chi connectivity index (χ3v) is 11.0. The van der Waals surface area contributed by atoms with Crippen LogP contribution in [0.1, 0.15) is 0 Å². The van der Waals surface area contributed by atoms with E-state index in [9.17, 15) is 0 Å². The molecule has 0 N–H and O–H groups in total. The highest BCUT2D eigenvalue weighted by atomic mass is 32.2. The number of rotatable bonds is 2. The molecule has 0 saturated carbocycles. The van der Waals surface area contributed by atoms with E-state index in [-0.39, 0.29) is 0 Å². The van der Waals surface area contributed by atoms with Gasteiger partial charge < -0.3 is 8.83 Å². The van der Waals surface area contributed by atoms with Crippen LogP contribution < -0.4 is 0 Å². The average Bonchev–Trinajstić information content (AvgIpc) is 3.70. The number of hydrogen-bond donors (Lipinski definition) is 0. The minimum Gasteiger partial charge on any atom is -0.456 e. The predicted molar refractivity (Wildman–Crippen MR) is 196 cm³/mol. The van der Waals surface area contributed by atoms with Crippen molar-refractivity contribution in [1.29, 1.82) is 0 Å². The molecular formula is C44H24O2S. The van der Waals surface area contributed by atoms with E-state index >= 15 is 0 Å². The van der Waals surface area contributed by atoms with Crippen molar-refractivity contribution in [1.82, 2.24) is 0 Å². The Morgan fingerprint density at radius 3 is 1.91 bits per heavy atom. The molecule has 0 bridgehead atoms. The number of fused-ring (bicyclic) bond motifs is 10. The van der Waals surface area contributed by atoms with Crippen LogP contribution in [-0.4, -0.2) is 0 Å². The van der Waals surface area contributed by atoms with Gasteiger partial charge >= 0.3 is 0 Å². The zero-order chi connectivity index (χ0) is 30.6. The average molecular weight is 617 g/mol. The van der Waals surface area contributed by atoms with Gasteiger partial charge in [-0.1, -0.05) is 109 Å². The van der Waals surface area contributed by atoms with Crippen LogP contribution in [0.3, 0.4) is 0 Å². The molecule has 0 spiro atoms. The van der Waals surface area contributed by atoms with E-state index < -0.39 is 0 Å². The lowest BCUT2D eigenvalue weighted by molar-refractivity contribution is 0.668. The zero-order valence-corrected chi connectivity index (χ0v) is 25.9. The first kappa shape index (κ1) is 25.4. The summed E-state index contributed by atoms with van der Waals surface area (Å²) in [6, 6.07) is 52.3. The van der Waals surface area contributed by atoms with Crippen LogP contribution in [0.25, 0.3) is 98.8 Å². The van der Waals surface area contributed by atoms with E-state index in [0.29, 0.717) is 0 Å². The molecule has 0 radical (unpaired) electrons. The molecule has 3 heterocycles. The van der Waals surface area contributed by atoms with Crippen molar-refractivity contribution in [3.63, 3.8) is 0 Å². The lowest BCUT2D eigenvalue weighted by Gasteiger charge is -2.21. The molecule has 2 nitrogen and oxygen atoms in total. The van der Waals surface area contributed by atoms with E-state index in [1.165, 1.54) is 48.0 Å². The molecule has 0 atom stereocenters. The van der Waals surface area contributed by atoms with E-state index in [2.05, 4.69) is 146 Å². The molecule has 47 heavy (non-hydrogen) atoms. The molecule has 8 aromatic carbocycles. The first-order valence-electron chi connectivity index (χ1n) is 15.9. The highest BCUT2D eigenvalue weighted by Crippen LogP contribution is 2.50. The molecule has 11 rings (SSSR count). The summed E-state index contributed by atoms with van der Waals surface area (Å²) >= 11 is 1.86. The Bertz CT molecular complexity index is 2940. The third-order valence-electron chi connectivity index (χ3n) is 9.88. The molecule has 218 valence electrons. The van der Waals surface area contributed by atoms with Crippen molar-refractivity contribution >= 4 is 77.2 Å². The molecule has 0 fully saturated rings. The Morgan fingerprint density at radius 1 is 0.340 bits per heavy atom. The first-order chi connectivity index (χ1) is 23.3. The van der Waals surface area contributed by atoms with Gasteiger partial charge in [-0.3, -0.25) is 0 Å². The topological polar surface area (TPSA) is 26.3 Å². The van der Waals surface area contributed by atoms with Gasteiger partial charge in [-0.2, -0.15) is 0 Å². The van der Waals surface area contributed by atoms with Crippen molar-refractivity contribution in [2.75, 3.05) is 0 Å². The summed E-state index contributed by atoms with van der Waals surface area (Å²) in [6.45, 7) is 0. The Balaban J connectivity index is 1.08. The van der Waals surface area contributed by atoms with E-state index in [0.717, 1.165) is 60.6 Å². The van der Waals surface area contributed by atoms with Gasteiger partial charge in [0.25, 0.3) is 0 Å². The predicted octanol–water partition coefficient (Wildman–Crippen LogP) is 13.3. The lowest BCUT2D eigenvalue weighted by atomic mass is 9.92. The van der Waals surface area contributed by atoms with E-state index in [4.69, 9.17) is 8.83 Å². The fraction of sp³-hybridized carbons (Fsp3) is 0. The van der Waals surface area contributed by atoms with Crippen molar-refractivity contribution < 1.29 is 8.83 Å². The maximum absolute atomic E-state index is 6.64. The molecule has 1 aliphatic rings. The monoisotopic (exact) mass is 616 g/mol. The summed E-state index contributed by atoms with van der Waals surface area (Å²) < 4.78 is 13.0. The second-order valence-corrected chi connectivity index (χ2v) is 13.5. The van der Waals surface area contributed by atoms with Gasteiger partial charge in [0.05, 0.1) is 0 Å². The molecule has 0 unspecified atom stereocenters. The highest BCUT2D eigenvalue weighted by molar-refractivity contribution is 7.99. The van der Waals surface area contributed by atoms with Gasteiger partial charge in [-0.15, -0.1) is 0 Å². The SMILES string of the molecule is c1ccc2c(c1)Sc1ccc(-c3ccc4c(c3)oc3cc(-c5cccc6oc7ccc8ccccc8c7c56)ccc34)c3cccc-2c13. The van der Waals surface area contributed by atoms with Gasteiger partial charge in [0, 0.05) is 36.7 Å². The molecule has 10 aromatic rings. The Kier molecular flexibility index (Phi) is 5.08. The molecule has 1 aliphatic heterocycles. The standard InChI is InChI=1S/C44H24O2S/c1-2-8-29-25(7-1)17-21-37-43(29)44-30(10-6-13-36(44)45-37)27-16-19-32-31-18-15-26(23-38(31)46-39(32)24-27)28-20-22-41-42-34(28)11-5-12-35(42)33-9-3-4-14-40(33)47-41/h1-24H. The summed E-state index contributed by atoms with van der Waals surface area (Å²) in [6.07, 6.45) is 0. The van der Waals surface area contributed by atoms with Crippen LogP contribution in [0.15, 0.2) is 164 Å². The summed E-state index contributed by atoms with van der Waals surface area (Å²) in [5.74, 6) is 0. The second kappa shape index (κ2) is 9.38. The van der Waals surface area contributed by atoms with E-state index in [1.807, 2.05) is 11.8 Å².